The van der Waals surface area contributed by atoms with Crippen LogP contribution in [0.5, 0.6) is 0 Å². The lowest BCUT2D eigenvalue weighted by molar-refractivity contribution is -0.147. The number of hydrogen-bond donors (Lipinski definition) is 2. The lowest BCUT2D eigenvalue weighted by Gasteiger charge is -2.31. The summed E-state index contributed by atoms with van der Waals surface area (Å²) in [4.78, 5) is 12.2. The topological polar surface area (TPSA) is 72.3 Å². The Morgan fingerprint density at radius 2 is 1.88 bits per heavy atom. The molecule has 4 nitrogen and oxygen atoms in total. The first-order valence-electron chi connectivity index (χ1n) is 4.99. The number of carbonyl (C=O) groups is 1. The smallest absolute Gasteiger partial charge is 0.368 e. The average molecular weight is 239 g/mol. The third kappa shape index (κ3) is 3.34. The zero-order valence-electron chi connectivity index (χ0n) is 9.05. The lowest BCUT2D eigenvalue weighted by atomic mass is 9.93. The molecule has 0 aromatic carbocycles. The molecule has 1 rings (SSSR count). The number of carbonyl (C=O) groups excluding carboxylic acids is 1. The molecule has 16 heavy (non-hydrogen) atoms. The van der Waals surface area contributed by atoms with Crippen LogP contribution in [0.15, 0.2) is 0 Å². The van der Waals surface area contributed by atoms with E-state index in [1.165, 1.54) is 7.05 Å². The Balaban J connectivity index is 2.59. The molecule has 1 amide bonds. The standard InChI is InChI=1S/C9H16F3N3O/c1-15(5-9(10,11)12)4-8(14,7(13)16)6-2-3-6/h6H,2-5,14H2,1H3,(H2,13,16). The van der Waals surface area contributed by atoms with Gasteiger partial charge in [0.05, 0.1) is 6.54 Å². The minimum absolute atomic E-state index is 0.0827. The van der Waals surface area contributed by atoms with Crippen LogP contribution in [-0.4, -0.2) is 42.7 Å². The lowest BCUT2D eigenvalue weighted by Crippen LogP contribution is -2.60. The van der Waals surface area contributed by atoms with Crippen LogP contribution in [0.4, 0.5) is 13.2 Å². The first kappa shape index (κ1) is 13.2. The molecule has 0 aromatic heterocycles. The van der Waals surface area contributed by atoms with E-state index in [9.17, 15) is 18.0 Å². The van der Waals surface area contributed by atoms with Crippen molar-refractivity contribution in [3.05, 3.63) is 0 Å². The number of halogens is 3. The third-order valence-electron chi connectivity index (χ3n) is 2.75. The molecule has 0 radical (unpaired) electrons. The predicted octanol–water partition coefficient (Wildman–Crippen LogP) is 0.0733. The van der Waals surface area contributed by atoms with Crippen LogP contribution in [0.3, 0.4) is 0 Å². The van der Waals surface area contributed by atoms with Crippen LogP contribution in [0.2, 0.25) is 0 Å². The van der Waals surface area contributed by atoms with Gasteiger partial charge >= 0.3 is 6.18 Å². The summed E-state index contributed by atoms with van der Waals surface area (Å²) in [7, 11) is 1.28. The zero-order valence-corrected chi connectivity index (χ0v) is 9.05. The van der Waals surface area contributed by atoms with Crippen molar-refractivity contribution >= 4 is 5.91 Å². The van der Waals surface area contributed by atoms with Crippen molar-refractivity contribution in [1.82, 2.24) is 4.90 Å². The molecule has 0 spiro atoms. The highest BCUT2D eigenvalue weighted by Gasteiger charge is 2.48. The zero-order chi connectivity index (χ0) is 12.6. The normalized spacial score (nSPS) is 20.9. The van der Waals surface area contributed by atoms with E-state index in [0.717, 1.165) is 17.7 Å². The van der Waals surface area contributed by atoms with Crippen molar-refractivity contribution in [3.8, 4) is 0 Å². The largest absolute Gasteiger partial charge is 0.401 e. The van der Waals surface area contributed by atoms with Gasteiger partial charge < -0.3 is 11.5 Å². The van der Waals surface area contributed by atoms with Gasteiger partial charge in [-0.1, -0.05) is 0 Å². The van der Waals surface area contributed by atoms with Gasteiger partial charge in [-0.25, -0.2) is 0 Å². The first-order chi connectivity index (χ1) is 7.15. The maximum atomic E-state index is 12.1. The Bertz CT molecular complexity index is 278. The summed E-state index contributed by atoms with van der Waals surface area (Å²) in [5.41, 5.74) is 9.60. The molecule has 1 saturated carbocycles. The molecule has 1 atom stereocenters. The van der Waals surface area contributed by atoms with Crippen molar-refractivity contribution in [1.29, 1.82) is 0 Å². The van der Waals surface area contributed by atoms with E-state index in [1.54, 1.807) is 0 Å². The molecule has 0 aliphatic heterocycles. The number of nitrogens with two attached hydrogens (primary N) is 2. The van der Waals surface area contributed by atoms with Gasteiger partial charge in [0.1, 0.15) is 5.54 Å². The highest BCUT2D eigenvalue weighted by Crippen LogP contribution is 2.38. The highest BCUT2D eigenvalue weighted by atomic mass is 19.4. The molecule has 0 heterocycles. The highest BCUT2D eigenvalue weighted by molar-refractivity contribution is 5.85. The second kappa shape index (κ2) is 4.21. The van der Waals surface area contributed by atoms with Gasteiger partial charge in [0.15, 0.2) is 0 Å². The van der Waals surface area contributed by atoms with E-state index in [-0.39, 0.29) is 12.5 Å². The second-order valence-corrected chi connectivity index (χ2v) is 4.47. The predicted molar refractivity (Wildman–Crippen MR) is 52.4 cm³/mol. The van der Waals surface area contributed by atoms with Crippen molar-refractivity contribution in [2.75, 3.05) is 20.1 Å². The monoisotopic (exact) mass is 239 g/mol. The third-order valence-corrected chi connectivity index (χ3v) is 2.75. The number of alkyl halides is 3. The van der Waals surface area contributed by atoms with E-state index < -0.39 is 24.2 Å². The van der Waals surface area contributed by atoms with Crippen molar-refractivity contribution in [2.24, 2.45) is 17.4 Å². The number of nitrogens with zero attached hydrogens (tertiary/aromatic N) is 1. The molecule has 1 fully saturated rings. The Morgan fingerprint density at radius 3 is 2.19 bits per heavy atom. The number of amides is 1. The van der Waals surface area contributed by atoms with Crippen LogP contribution >= 0.6 is 0 Å². The van der Waals surface area contributed by atoms with E-state index in [4.69, 9.17) is 11.5 Å². The van der Waals surface area contributed by atoms with Gasteiger partial charge in [-0.05, 0) is 25.8 Å². The van der Waals surface area contributed by atoms with Crippen molar-refractivity contribution < 1.29 is 18.0 Å². The van der Waals surface area contributed by atoms with Crippen LogP contribution in [-0.2, 0) is 4.79 Å². The molecule has 7 heteroatoms. The number of likely N-dealkylation sites (N-methyl/N-ethyl adjacent to an activating group) is 1. The number of hydrogen-bond acceptors (Lipinski definition) is 3. The van der Waals surface area contributed by atoms with E-state index in [1.807, 2.05) is 0 Å². The Kier molecular flexibility index (Phi) is 3.49. The number of rotatable bonds is 5. The fraction of sp³-hybridized carbons (Fsp3) is 0.889. The Morgan fingerprint density at radius 1 is 1.38 bits per heavy atom. The number of primary amides is 1. The van der Waals surface area contributed by atoms with Gasteiger partial charge in [0.25, 0.3) is 0 Å². The first-order valence-corrected chi connectivity index (χ1v) is 4.99. The summed E-state index contributed by atoms with van der Waals surface area (Å²) < 4.78 is 36.3. The van der Waals surface area contributed by atoms with Gasteiger partial charge in [0, 0.05) is 6.54 Å². The summed E-state index contributed by atoms with van der Waals surface area (Å²) in [6.45, 7) is -1.25. The van der Waals surface area contributed by atoms with Crippen molar-refractivity contribution in [3.63, 3.8) is 0 Å². The minimum atomic E-state index is -4.29. The van der Waals surface area contributed by atoms with Gasteiger partial charge in [0.2, 0.25) is 5.91 Å². The molecule has 4 N–H and O–H groups in total. The fourth-order valence-electron chi connectivity index (χ4n) is 1.82. The van der Waals surface area contributed by atoms with E-state index >= 15 is 0 Å². The Hall–Kier alpha value is -0.820. The van der Waals surface area contributed by atoms with Gasteiger partial charge in [-0.3, -0.25) is 9.69 Å². The molecular weight excluding hydrogens is 223 g/mol. The maximum Gasteiger partial charge on any atom is 0.401 e. The minimum Gasteiger partial charge on any atom is -0.368 e. The average Bonchev–Trinajstić information content (AvgIpc) is 2.80. The SMILES string of the molecule is CN(CC(F)(F)F)CC(N)(C(N)=O)C1CC1. The molecule has 94 valence electrons. The molecule has 1 aliphatic carbocycles. The molecule has 1 aliphatic rings. The summed E-state index contributed by atoms with van der Waals surface area (Å²) in [6.07, 6.45) is -2.80. The summed E-state index contributed by atoms with van der Waals surface area (Å²) in [5, 5.41) is 0. The van der Waals surface area contributed by atoms with Crippen LogP contribution in [0.25, 0.3) is 0 Å². The van der Waals surface area contributed by atoms with E-state index in [0.29, 0.717) is 0 Å². The maximum absolute atomic E-state index is 12.1. The van der Waals surface area contributed by atoms with Crippen LogP contribution in [0.1, 0.15) is 12.8 Å². The Labute approximate surface area is 91.8 Å². The quantitative estimate of drug-likeness (QED) is 0.713. The second-order valence-electron chi connectivity index (χ2n) is 4.47. The molecule has 1 unspecified atom stereocenters. The molecule has 0 aromatic rings. The molecule has 0 saturated heterocycles. The fourth-order valence-corrected chi connectivity index (χ4v) is 1.82. The summed E-state index contributed by atoms with van der Waals surface area (Å²) in [5.74, 6) is -0.815. The summed E-state index contributed by atoms with van der Waals surface area (Å²) >= 11 is 0. The van der Waals surface area contributed by atoms with E-state index in [2.05, 4.69) is 0 Å². The molecular formula is C9H16F3N3O. The molecule has 0 bridgehead atoms. The van der Waals surface area contributed by atoms with Gasteiger partial charge in [-0.15, -0.1) is 0 Å². The summed E-state index contributed by atoms with van der Waals surface area (Å²) in [6, 6.07) is 0. The van der Waals surface area contributed by atoms with Crippen LogP contribution in [0, 0.1) is 5.92 Å². The van der Waals surface area contributed by atoms with Gasteiger partial charge in [-0.2, -0.15) is 13.2 Å². The van der Waals surface area contributed by atoms with Crippen LogP contribution < -0.4 is 11.5 Å². The van der Waals surface area contributed by atoms with Crippen molar-refractivity contribution in [2.45, 2.75) is 24.6 Å².